The van der Waals surface area contributed by atoms with Gasteiger partial charge in [-0.05, 0) is 54.1 Å². The zero-order valence-electron chi connectivity index (χ0n) is 14.3. The molecule has 0 unspecified atom stereocenters. The van der Waals surface area contributed by atoms with Gasteiger partial charge in [-0.2, -0.15) is 0 Å². The number of halogens is 1. The molecular formula is C21H17ClN2O3. The summed E-state index contributed by atoms with van der Waals surface area (Å²) in [6, 6.07) is 22.7. The van der Waals surface area contributed by atoms with E-state index in [0.29, 0.717) is 28.5 Å². The molecule has 136 valence electrons. The average molecular weight is 381 g/mol. The van der Waals surface area contributed by atoms with Gasteiger partial charge in [0.15, 0.2) is 0 Å². The molecule has 2 N–H and O–H groups in total. The fraction of sp³-hybridized carbons (Fsp3) is 0.0476. The summed E-state index contributed by atoms with van der Waals surface area (Å²) < 4.78 is 5.66. The molecule has 0 aromatic heterocycles. The maximum atomic E-state index is 12.1. The lowest BCUT2D eigenvalue weighted by atomic mass is 10.1. The van der Waals surface area contributed by atoms with E-state index in [0.717, 1.165) is 5.56 Å². The first-order valence-corrected chi connectivity index (χ1v) is 8.62. The third kappa shape index (κ3) is 5.33. The number of hydrogen-bond donors (Lipinski definition) is 2. The lowest BCUT2D eigenvalue weighted by molar-refractivity contribution is 0.0846. The van der Waals surface area contributed by atoms with Gasteiger partial charge < -0.3 is 4.74 Å². The first-order valence-electron chi connectivity index (χ1n) is 8.25. The molecule has 6 heteroatoms. The Morgan fingerprint density at radius 2 is 1.30 bits per heavy atom. The minimum Gasteiger partial charge on any atom is -0.489 e. The van der Waals surface area contributed by atoms with Gasteiger partial charge in [-0.15, -0.1) is 0 Å². The summed E-state index contributed by atoms with van der Waals surface area (Å²) in [4.78, 5) is 24.1. The zero-order chi connectivity index (χ0) is 19.1. The maximum Gasteiger partial charge on any atom is 0.269 e. The van der Waals surface area contributed by atoms with E-state index >= 15 is 0 Å². The molecule has 3 rings (SSSR count). The SMILES string of the molecule is O=C(NNC(=O)c1ccc(COc2ccc(Cl)cc2)cc1)c1ccccc1. The number of carbonyl (C=O) groups excluding carboxylic acids is 2. The smallest absolute Gasteiger partial charge is 0.269 e. The highest BCUT2D eigenvalue weighted by atomic mass is 35.5. The number of hydrazine groups is 1. The lowest BCUT2D eigenvalue weighted by Crippen LogP contribution is -2.41. The Labute approximate surface area is 161 Å². The molecule has 0 atom stereocenters. The summed E-state index contributed by atoms with van der Waals surface area (Å²) in [5.74, 6) is -0.0637. The van der Waals surface area contributed by atoms with Crippen LogP contribution in [-0.2, 0) is 6.61 Å². The summed E-state index contributed by atoms with van der Waals surface area (Å²) >= 11 is 5.84. The highest BCUT2D eigenvalue weighted by molar-refractivity contribution is 6.30. The Morgan fingerprint density at radius 1 is 0.741 bits per heavy atom. The van der Waals surface area contributed by atoms with Gasteiger partial charge in [0.25, 0.3) is 11.8 Å². The molecule has 2 amide bonds. The Bertz CT molecular complexity index is 910. The van der Waals surface area contributed by atoms with Crippen LogP contribution in [0.2, 0.25) is 5.02 Å². The van der Waals surface area contributed by atoms with E-state index in [-0.39, 0.29) is 5.91 Å². The van der Waals surface area contributed by atoms with Crippen molar-refractivity contribution in [1.82, 2.24) is 10.9 Å². The number of rotatable bonds is 5. The summed E-state index contributed by atoms with van der Waals surface area (Å²) in [6.45, 7) is 0.369. The number of benzene rings is 3. The fourth-order valence-corrected chi connectivity index (χ4v) is 2.42. The number of hydrogen-bond acceptors (Lipinski definition) is 3. The van der Waals surface area contributed by atoms with Crippen molar-refractivity contribution in [1.29, 1.82) is 0 Å². The van der Waals surface area contributed by atoms with Gasteiger partial charge in [0.2, 0.25) is 0 Å². The van der Waals surface area contributed by atoms with E-state index in [2.05, 4.69) is 10.9 Å². The van der Waals surface area contributed by atoms with Gasteiger partial charge in [-0.25, -0.2) is 0 Å². The molecule has 0 fully saturated rings. The standard InChI is InChI=1S/C21H17ClN2O3/c22-18-10-12-19(13-11-18)27-14-15-6-8-17(9-7-15)21(26)24-23-20(25)16-4-2-1-3-5-16/h1-13H,14H2,(H,23,25)(H,24,26). The van der Waals surface area contributed by atoms with Crippen molar-refractivity contribution in [2.75, 3.05) is 0 Å². The Balaban J connectivity index is 1.51. The van der Waals surface area contributed by atoms with Crippen LogP contribution in [0.3, 0.4) is 0 Å². The Morgan fingerprint density at radius 3 is 1.89 bits per heavy atom. The molecular weight excluding hydrogens is 364 g/mol. The molecule has 0 aliphatic carbocycles. The molecule has 3 aromatic rings. The second-order valence-electron chi connectivity index (χ2n) is 5.71. The molecule has 0 aliphatic rings. The van der Waals surface area contributed by atoms with Crippen LogP contribution < -0.4 is 15.6 Å². The van der Waals surface area contributed by atoms with Crippen molar-refractivity contribution >= 4 is 23.4 Å². The molecule has 0 bridgehead atoms. The van der Waals surface area contributed by atoms with Crippen LogP contribution in [0.1, 0.15) is 26.3 Å². The third-order valence-electron chi connectivity index (χ3n) is 3.76. The fourth-order valence-electron chi connectivity index (χ4n) is 2.30. The second-order valence-corrected chi connectivity index (χ2v) is 6.15. The highest BCUT2D eigenvalue weighted by Crippen LogP contribution is 2.17. The van der Waals surface area contributed by atoms with Gasteiger partial charge in [0, 0.05) is 16.1 Å². The van der Waals surface area contributed by atoms with Gasteiger partial charge in [-0.3, -0.25) is 20.4 Å². The van der Waals surface area contributed by atoms with E-state index in [1.807, 2.05) is 6.07 Å². The van der Waals surface area contributed by atoms with Crippen LogP contribution in [0.4, 0.5) is 0 Å². The normalized spacial score (nSPS) is 10.1. The topological polar surface area (TPSA) is 67.4 Å². The van der Waals surface area contributed by atoms with Crippen molar-refractivity contribution in [3.8, 4) is 5.75 Å². The van der Waals surface area contributed by atoms with Gasteiger partial charge in [0.1, 0.15) is 12.4 Å². The molecule has 27 heavy (non-hydrogen) atoms. The summed E-state index contributed by atoms with van der Waals surface area (Å²) in [6.07, 6.45) is 0. The van der Waals surface area contributed by atoms with Crippen LogP contribution in [-0.4, -0.2) is 11.8 Å². The van der Waals surface area contributed by atoms with Crippen LogP contribution in [0.25, 0.3) is 0 Å². The van der Waals surface area contributed by atoms with Crippen molar-refractivity contribution in [2.24, 2.45) is 0 Å². The van der Waals surface area contributed by atoms with Crippen LogP contribution in [0.15, 0.2) is 78.9 Å². The first-order chi connectivity index (χ1) is 13.1. The number of ether oxygens (including phenoxy) is 1. The third-order valence-corrected chi connectivity index (χ3v) is 4.01. The molecule has 0 radical (unpaired) electrons. The molecule has 5 nitrogen and oxygen atoms in total. The van der Waals surface area contributed by atoms with Crippen molar-refractivity contribution in [3.05, 3.63) is 101 Å². The van der Waals surface area contributed by atoms with Crippen LogP contribution in [0.5, 0.6) is 5.75 Å². The van der Waals surface area contributed by atoms with E-state index in [9.17, 15) is 9.59 Å². The highest BCUT2D eigenvalue weighted by Gasteiger charge is 2.09. The van der Waals surface area contributed by atoms with E-state index in [1.165, 1.54) is 0 Å². The van der Waals surface area contributed by atoms with Crippen molar-refractivity contribution in [2.45, 2.75) is 6.61 Å². The molecule has 0 heterocycles. The molecule has 0 spiro atoms. The van der Waals surface area contributed by atoms with Crippen molar-refractivity contribution in [3.63, 3.8) is 0 Å². The Kier molecular flexibility index (Phi) is 6.07. The molecule has 0 aliphatic heterocycles. The minimum absolute atomic E-state index is 0.369. The summed E-state index contributed by atoms with van der Waals surface area (Å²) in [5, 5.41) is 0.650. The molecule has 0 saturated carbocycles. The van der Waals surface area contributed by atoms with Crippen molar-refractivity contribution < 1.29 is 14.3 Å². The largest absolute Gasteiger partial charge is 0.489 e. The number of nitrogens with one attached hydrogen (secondary N) is 2. The predicted molar refractivity (Wildman–Crippen MR) is 104 cm³/mol. The van der Waals surface area contributed by atoms with Crippen LogP contribution >= 0.6 is 11.6 Å². The molecule has 3 aromatic carbocycles. The second kappa shape index (κ2) is 8.87. The predicted octanol–water partition coefficient (Wildman–Crippen LogP) is 3.99. The average Bonchev–Trinajstić information content (AvgIpc) is 2.72. The van der Waals surface area contributed by atoms with E-state index in [4.69, 9.17) is 16.3 Å². The number of carbonyl (C=O) groups is 2. The first kappa shape index (κ1) is 18.5. The summed E-state index contributed by atoms with van der Waals surface area (Å²) in [5.41, 5.74) is 6.59. The van der Waals surface area contributed by atoms with Crippen LogP contribution in [0, 0.1) is 0 Å². The maximum absolute atomic E-state index is 12.1. The number of amides is 2. The minimum atomic E-state index is -0.399. The van der Waals surface area contributed by atoms with Gasteiger partial charge in [0.05, 0.1) is 0 Å². The summed E-state index contributed by atoms with van der Waals surface area (Å²) in [7, 11) is 0. The van der Waals surface area contributed by atoms with Gasteiger partial charge >= 0.3 is 0 Å². The van der Waals surface area contributed by atoms with E-state index in [1.54, 1.807) is 72.8 Å². The lowest BCUT2D eigenvalue weighted by Gasteiger charge is -2.09. The van der Waals surface area contributed by atoms with E-state index < -0.39 is 5.91 Å². The zero-order valence-corrected chi connectivity index (χ0v) is 15.1. The van der Waals surface area contributed by atoms with Gasteiger partial charge in [-0.1, -0.05) is 41.9 Å². The monoisotopic (exact) mass is 380 g/mol. The molecule has 0 saturated heterocycles. The quantitative estimate of drug-likeness (QED) is 0.657. The Hall–Kier alpha value is -3.31.